The summed E-state index contributed by atoms with van der Waals surface area (Å²) >= 11 is 0. The zero-order valence-corrected chi connectivity index (χ0v) is 16.1. The van der Waals surface area contributed by atoms with Gasteiger partial charge >= 0.3 is 5.97 Å². The maximum Gasteiger partial charge on any atom is 0.363 e. The lowest BCUT2D eigenvalue weighted by atomic mass is 10.0. The molecule has 3 aromatic carbocycles. The van der Waals surface area contributed by atoms with Crippen molar-refractivity contribution in [3.8, 4) is 22.6 Å². The van der Waals surface area contributed by atoms with Gasteiger partial charge in [0.1, 0.15) is 11.5 Å². The second-order valence-electron chi connectivity index (χ2n) is 6.43. The first-order valence-corrected chi connectivity index (χ1v) is 9.08. The van der Waals surface area contributed by atoms with Gasteiger partial charge in [0, 0.05) is 11.6 Å². The van der Waals surface area contributed by atoms with Gasteiger partial charge in [0.15, 0.2) is 5.70 Å². The number of hydrogen-bond donors (Lipinski definition) is 0. The quantitative estimate of drug-likeness (QED) is 0.471. The second-order valence-corrected chi connectivity index (χ2v) is 6.43. The Balaban J connectivity index is 1.62. The molecule has 144 valence electrons. The Bertz CT molecular complexity index is 1080. The normalized spacial score (nSPS) is 14.5. The highest BCUT2D eigenvalue weighted by atomic mass is 16.6. The monoisotopic (exact) mass is 385 g/mol. The maximum absolute atomic E-state index is 12.3. The number of aliphatic imine (C=N–C) groups is 1. The number of methoxy groups -OCH3 is 2. The number of carbonyl (C=O) groups excluding carboxylic acids is 1. The van der Waals surface area contributed by atoms with E-state index in [2.05, 4.69) is 4.99 Å². The van der Waals surface area contributed by atoms with Gasteiger partial charge < -0.3 is 14.2 Å². The molecule has 0 aliphatic carbocycles. The molecule has 29 heavy (non-hydrogen) atoms. The Morgan fingerprint density at radius 2 is 1.38 bits per heavy atom. The molecule has 0 amide bonds. The van der Waals surface area contributed by atoms with Crippen LogP contribution in [0.3, 0.4) is 0 Å². The van der Waals surface area contributed by atoms with Crippen LogP contribution in [0.1, 0.15) is 11.1 Å². The molecule has 3 aromatic rings. The summed E-state index contributed by atoms with van der Waals surface area (Å²) in [6, 6.07) is 23.2. The molecule has 0 unspecified atom stereocenters. The average Bonchev–Trinajstić information content (AvgIpc) is 3.14. The van der Waals surface area contributed by atoms with Crippen LogP contribution in [0.2, 0.25) is 0 Å². The van der Waals surface area contributed by atoms with Gasteiger partial charge in [0.25, 0.3) is 0 Å². The summed E-state index contributed by atoms with van der Waals surface area (Å²) in [5, 5.41) is 0. The van der Waals surface area contributed by atoms with Crippen LogP contribution in [0.4, 0.5) is 0 Å². The minimum Gasteiger partial charge on any atom is -0.497 e. The zero-order valence-electron chi connectivity index (χ0n) is 16.1. The fourth-order valence-corrected chi connectivity index (χ4v) is 3.04. The Hall–Kier alpha value is -3.86. The summed E-state index contributed by atoms with van der Waals surface area (Å²) < 4.78 is 15.9. The molecule has 1 aliphatic rings. The number of carbonyl (C=O) groups is 1. The summed E-state index contributed by atoms with van der Waals surface area (Å²) in [4.78, 5) is 16.7. The minimum atomic E-state index is -0.492. The van der Waals surface area contributed by atoms with E-state index in [1.54, 1.807) is 38.5 Å². The third kappa shape index (κ3) is 4.04. The second kappa shape index (κ2) is 8.02. The van der Waals surface area contributed by atoms with Crippen LogP contribution in [-0.4, -0.2) is 26.1 Å². The van der Waals surface area contributed by atoms with Crippen LogP contribution in [0.15, 0.2) is 83.5 Å². The van der Waals surface area contributed by atoms with Crippen LogP contribution in [-0.2, 0) is 9.53 Å². The summed E-state index contributed by atoms with van der Waals surface area (Å²) in [7, 11) is 3.15. The van der Waals surface area contributed by atoms with Crippen molar-refractivity contribution in [3.63, 3.8) is 0 Å². The van der Waals surface area contributed by atoms with E-state index >= 15 is 0 Å². The van der Waals surface area contributed by atoms with Gasteiger partial charge in [-0.2, -0.15) is 0 Å². The molecule has 0 spiro atoms. The van der Waals surface area contributed by atoms with Crippen molar-refractivity contribution in [2.45, 2.75) is 0 Å². The smallest absolute Gasteiger partial charge is 0.363 e. The molecule has 0 radical (unpaired) electrons. The van der Waals surface area contributed by atoms with Gasteiger partial charge in [-0.05, 0) is 47.0 Å². The molecule has 0 saturated carbocycles. The zero-order chi connectivity index (χ0) is 20.2. The van der Waals surface area contributed by atoms with Gasteiger partial charge in [-0.15, -0.1) is 0 Å². The first-order chi connectivity index (χ1) is 14.2. The molecule has 1 heterocycles. The highest BCUT2D eigenvalue weighted by molar-refractivity contribution is 6.13. The molecule has 0 N–H and O–H groups in total. The van der Waals surface area contributed by atoms with Gasteiger partial charge in [-0.3, -0.25) is 0 Å². The Morgan fingerprint density at radius 3 is 2.00 bits per heavy atom. The number of hydrogen-bond acceptors (Lipinski definition) is 5. The molecule has 0 fully saturated rings. The SMILES string of the molecule is COc1cc(/C=C2\N=C(c3ccc(-c4ccccc4)cc3)OC2=O)cc(OC)c1. The van der Waals surface area contributed by atoms with Crippen LogP contribution < -0.4 is 9.47 Å². The average molecular weight is 385 g/mol. The van der Waals surface area contributed by atoms with Crippen molar-refractivity contribution in [2.24, 2.45) is 4.99 Å². The van der Waals surface area contributed by atoms with E-state index in [4.69, 9.17) is 14.2 Å². The lowest BCUT2D eigenvalue weighted by molar-refractivity contribution is -0.129. The Kier molecular flexibility index (Phi) is 5.12. The molecule has 0 aromatic heterocycles. The lowest BCUT2D eigenvalue weighted by Gasteiger charge is -2.05. The van der Waals surface area contributed by atoms with Crippen molar-refractivity contribution >= 4 is 17.9 Å². The fraction of sp³-hybridized carbons (Fsp3) is 0.0833. The van der Waals surface area contributed by atoms with Crippen molar-refractivity contribution < 1.29 is 19.0 Å². The first kappa shape index (κ1) is 18.5. The van der Waals surface area contributed by atoms with Crippen LogP contribution >= 0.6 is 0 Å². The standard InChI is InChI=1S/C24H19NO4/c1-27-20-12-16(13-21(15-20)28-2)14-22-24(26)29-23(25-22)19-10-8-18(9-11-19)17-6-4-3-5-7-17/h3-15H,1-2H3/b22-14-. The molecule has 4 rings (SSSR count). The maximum atomic E-state index is 12.3. The topological polar surface area (TPSA) is 57.1 Å². The molecule has 0 bridgehead atoms. The third-order valence-corrected chi connectivity index (χ3v) is 4.54. The van der Waals surface area contributed by atoms with E-state index in [1.165, 1.54) is 0 Å². The molecular formula is C24H19NO4. The molecule has 5 heteroatoms. The van der Waals surface area contributed by atoms with Crippen LogP contribution in [0.25, 0.3) is 17.2 Å². The number of nitrogens with zero attached hydrogens (tertiary/aromatic N) is 1. The predicted octanol–water partition coefficient (Wildman–Crippen LogP) is 4.72. The van der Waals surface area contributed by atoms with Crippen LogP contribution in [0, 0.1) is 0 Å². The largest absolute Gasteiger partial charge is 0.497 e. The van der Waals surface area contributed by atoms with E-state index in [0.29, 0.717) is 11.5 Å². The molecular weight excluding hydrogens is 366 g/mol. The number of cyclic esters (lactones) is 1. The number of rotatable bonds is 5. The molecule has 0 saturated heterocycles. The van der Waals surface area contributed by atoms with Crippen molar-refractivity contribution in [1.82, 2.24) is 0 Å². The van der Waals surface area contributed by atoms with Gasteiger partial charge in [0.05, 0.1) is 14.2 Å². The third-order valence-electron chi connectivity index (χ3n) is 4.54. The van der Waals surface area contributed by atoms with Crippen molar-refractivity contribution in [3.05, 3.63) is 89.6 Å². The first-order valence-electron chi connectivity index (χ1n) is 9.08. The molecule has 0 atom stereocenters. The highest BCUT2D eigenvalue weighted by Gasteiger charge is 2.24. The van der Waals surface area contributed by atoms with Crippen molar-refractivity contribution in [1.29, 1.82) is 0 Å². The van der Waals surface area contributed by atoms with E-state index in [1.807, 2.05) is 54.6 Å². The number of ether oxygens (including phenoxy) is 3. The summed E-state index contributed by atoms with van der Waals surface area (Å²) in [5.41, 5.74) is 3.90. The van der Waals surface area contributed by atoms with Crippen molar-refractivity contribution in [2.75, 3.05) is 14.2 Å². The van der Waals surface area contributed by atoms with Gasteiger partial charge in [0.2, 0.25) is 5.90 Å². The van der Waals surface area contributed by atoms with E-state index < -0.39 is 5.97 Å². The van der Waals surface area contributed by atoms with Crippen LogP contribution in [0.5, 0.6) is 11.5 Å². The highest BCUT2D eigenvalue weighted by Crippen LogP contribution is 2.26. The molecule has 1 aliphatic heterocycles. The Morgan fingerprint density at radius 1 is 0.793 bits per heavy atom. The fourth-order valence-electron chi connectivity index (χ4n) is 3.04. The van der Waals surface area contributed by atoms with Gasteiger partial charge in [-0.1, -0.05) is 42.5 Å². The summed E-state index contributed by atoms with van der Waals surface area (Å²) in [6.45, 7) is 0. The van der Waals surface area contributed by atoms with Gasteiger partial charge in [-0.25, -0.2) is 9.79 Å². The number of esters is 1. The molecule has 5 nitrogen and oxygen atoms in total. The van der Waals surface area contributed by atoms with E-state index in [0.717, 1.165) is 22.3 Å². The Labute approximate surface area is 168 Å². The minimum absolute atomic E-state index is 0.224. The summed E-state index contributed by atoms with van der Waals surface area (Å²) in [5.74, 6) is 1.05. The number of benzene rings is 3. The predicted molar refractivity (Wildman–Crippen MR) is 112 cm³/mol. The lowest BCUT2D eigenvalue weighted by Crippen LogP contribution is -2.05. The van der Waals surface area contributed by atoms with E-state index in [-0.39, 0.29) is 11.6 Å². The summed E-state index contributed by atoms with van der Waals surface area (Å²) in [6.07, 6.45) is 1.65. The van der Waals surface area contributed by atoms with E-state index in [9.17, 15) is 4.79 Å².